The van der Waals surface area contributed by atoms with Crippen LogP contribution in [0.1, 0.15) is 298 Å². The second-order valence-electron chi connectivity index (χ2n) is 20.1. The van der Waals surface area contributed by atoms with Crippen molar-refractivity contribution in [2.24, 2.45) is 17.8 Å². The molecule has 0 amide bonds. The molecule has 0 saturated heterocycles. The summed E-state index contributed by atoms with van der Waals surface area (Å²) < 4.78 is 16.8. The molecule has 0 aromatic rings. The minimum Gasteiger partial charge on any atom is -0.462 e. The van der Waals surface area contributed by atoms with Crippen LogP contribution in [0.3, 0.4) is 0 Å². The normalized spacial score (nSPS) is 12.6. The summed E-state index contributed by atoms with van der Waals surface area (Å²) in [6, 6.07) is 0. The van der Waals surface area contributed by atoms with Gasteiger partial charge in [-0.2, -0.15) is 0 Å². The maximum Gasteiger partial charge on any atom is 0.306 e. The van der Waals surface area contributed by atoms with Gasteiger partial charge in [0.05, 0.1) is 0 Å². The summed E-state index contributed by atoms with van der Waals surface area (Å²) in [6.07, 6.45) is 46.6. The first-order valence-corrected chi connectivity index (χ1v) is 27.1. The standard InChI is InChI=1S/C55H106O6/c1-7-51(6)43-37-31-25-18-15-16-19-26-32-38-44-53(56)59-47-52(48-60-54(57)45-39-33-27-22-21-24-30-36-42-50(4)5)61-55(58)46-40-34-28-20-14-12-10-8-9-11-13-17-23-29-35-41-49(2)3/h49-52H,7-48H2,1-6H3/t51?,52-/m1/s1. The average Bonchev–Trinajstić information content (AvgIpc) is 3.23. The number of hydrogen-bond acceptors (Lipinski definition) is 6. The van der Waals surface area contributed by atoms with Gasteiger partial charge in [0.15, 0.2) is 6.10 Å². The molecule has 0 N–H and O–H groups in total. The summed E-state index contributed by atoms with van der Waals surface area (Å²) in [5.74, 6) is 1.66. The Morgan fingerprint density at radius 3 is 0.852 bits per heavy atom. The van der Waals surface area contributed by atoms with Crippen LogP contribution in [0.4, 0.5) is 0 Å². The lowest BCUT2D eigenvalue weighted by atomic mass is 9.99. The number of esters is 3. The van der Waals surface area contributed by atoms with Crippen LogP contribution < -0.4 is 0 Å². The molecule has 2 atom stereocenters. The van der Waals surface area contributed by atoms with Crippen molar-refractivity contribution in [1.29, 1.82) is 0 Å². The van der Waals surface area contributed by atoms with Crippen LogP contribution in [-0.4, -0.2) is 37.2 Å². The van der Waals surface area contributed by atoms with E-state index in [0.717, 1.165) is 75.5 Å². The quantitative estimate of drug-likeness (QED) is 0.0344. The molecule has 6 nitrogen and oxygen atoms in total. The van der Waals surface area contributed by atoms with Gasteiger partial charge in [0.25, 0.3) is 0 Å². The van der Waals surface area contributed by atoms with Crippen molar-refractivity contribution >= 4 is 17.9 Å². The van der Waals surface area contributed by atoms with E-state index >= 15 is 0 Å². The zero-order valence-corrected chi connectivity index (χ0v) is 42.0. The fraction of sp³-hybridized carbons (Fsp3) is 0.945. The van der Waals surface area contributed by atoms with Crippen LogP contribution in [0.5, 0.6) is 0 Å². The molecule has 0 saturated carbocycles. The molecule has 0 aromatic heterocycles. The fourth-order valence-electron chi connectivity index (χ4n) is 8.26. The predicted octanol–water partition coefficient (Wildman–Crippen LogP) is 17.6. The van der Waals surface area contributed by atoms with Crippen LogP contribution in [0.2, 0.25) is 0 Å². The van der Waals surface area contributed by atoms with E-state index < -0.39 is 6.10 Å². The Morgan fingerprint density at radius 1 is 0.328 bits per heavy atom. The number of carbonyl (C=O) groups excluding carboxylic acids is 3. The third-order valence-electron chi connectivity index (χ3n) is 12.8. The molecule has 0 rings (SSSR count). The molecule has 0 radical (unpaired) electrons. The summed E-state index contributed by atoms with van der Waals surface area (Å²) in [7, 11) is 0. The Hall–Kier alpha value is -1.59. The Kier molecular flexibility index (Phi) is 45.2. The third-order valence-corrected chi connectivity index (χ3v) is 12.8. The number of rotatable bonds is 48. The molecule has 0 aliphatic carbocycles. The number of unbranched alkanes of at least 4 members (excludes halogenated alkanes) is 30. The van der Waals surface area contributed by atoms with Gasteiger partial charge in [-0.05, 0) is 37.0 Å². The molecule has 0 fully saturated rings. The number of carbonyl (C=O) groups is 3. The highest BCUT2D eigenvalue weighted by Crippen LogP contribution is 2.18. The second-order valence-corrected chi connectivity index (χ2v) is 20.1. The molecule has 0 aliphatic heterocycles. The van der Waals surface area contributed by atoms with Gasteiger partial charge in [-0.3, -0.25) is 14.4 Å². The van der Waals surface area contributed by atoms with E-state index in [0.29, 0.717) is 19.3 Å². The van der Waals surface area contributed by atoms with E-state index in [-0.39, 0.29) is 31.1 Å². The van der Waals surface area contributed by atoms with Gasteiger partial charge < -0.3 is 14.2 Å². The first-order chi connectivity index (χ1) is 29.6. The lowest BCUT2D eigenvalue weighted by molar-refractivity contribution is -0.167. The van der Waals surface area contributed by atoms with Crippen molar-refractivity contribution in [2.45, 2.75) is 304 Å². The molecular formula is C55H106O6. The molecule has 0 bridgehead atoms. The van der Waals surface area contributed by atoms with Crippen LogP contribution in [-0.2, 0) is 28.6 Å². The minimum atomic E-state index is -0.763. The Bertz CT molecular complexity index is 947. The highest BCUT2D eigenvalue weighted by Gasteiger charge is 2.19. The summed E-state index contributed by atoms with van der Waals surface area (Å²) in [5.41, 5.74) is 0. The summed E-state index contributed by atoms with van der Waals surface area (Å²) in [4.78, 5) is 38.0. The number of ether oxygens (including phenoxy) is 3. The third kappa shape index (κ3) is 47.7. The first kappa shape index (κ1) is 59.4. The van der Waals surface area contributed by atoms with Crippen LogP contribution in [0.25, 0.3) is 0 Å². The zero-order valence-electron chi connectivity index (χ0n) is 42.0. The lowest BCUT2D eigenvalue weighted by Gasteiger charge is -2.18. The van der Waals surface area contributed by atoms with E-state index in [9.17, 15) is 14.4 Å². The zero-order chi connectivity index (χ0) is 44.9. The summed E-state index contributed by atoms with van der Waals surface area (Å²) >= 11 is 0. The van der Waals surface area contributed by atoms with Gasteiger partial charge in [-0.25, -0.2) is 0 Å². The molecule has 0 aliphatic rings. The van der Waals surface area contributed by atoms with Crippen LogP contribution >= 0.6 is 0 Å². The van der Waals surface area contributed by atoms with Crippen molar-refractivity contribution in [3.8, 4) is 0 Å². The van der Waals surface area contributed by atoms with Gasteiger partial charge in [0.1, 0.15) is 13.2 Å². The maximum absolute atomic E-state index is 12.8. The monoisotopic (exact) mass is 863 g/mol. The van der Waals surface area contributed by atoms with Gasteiger partial charge in [0.2, 0.25) is 0 Å². The predicted molar refractivity (Wildman–Crippen MR) is 261 cm³/mol. The van der Waals surface area contributed by atoms with E-state index in [1.807, 2.05) is 0 Å². The van der Waals surface area contributed by atoms with E-state index in [4.69, 9.17) is 14.2 Å². The van der Waals surface area contributed by atoms with Gasteiger partial charge >= 0.3 is 17.9 Å². The highest BCUT2D eigenvalue weighted by molar-refractivity contribution is 5.71. The van der Waals surface area contributed by atoms with Gasteiger partial charge in [-0.1, -0.05) is 260 Å². The molecule has 362 valence electrons. The van der Waals surface area contributed by atoms with Gasteiger partial charge in [0, 0.05) is 19.3 Å². The van der Waals surface area contributed by atoms with Crippen molar-refractivity contribution < 1.29 is 28.6 Å². The van der Waals surface area contributed by atoms with Crippen molar-refractivity contribution in [3.05, 3.63) is 0 Å². The molecule has 6 heteroatoms. The largest absolute Gasteiger partial charge is 0.462 e. The van der Waals surface area contributed by atoms with E-state index in [2.05, 4.69) is 41.5 Å². The maximum atomic E-state index is 12.8. The molecule has 61 heavy (non-hydrogen) atoms. The highest BCUT2D eigenvalue weighted by atomic mass is 16.6. The minimum absolute atomic E-state index is 0.0647. The lowest BCUT2D eigenvalue weighted by Crippen LogP contribution is -2.30. The molecule has 0 aromatic carbocycles. The Balaban J connectivity index is 4.30. The number of hydrogen-bond donors (Lipinski definition) is 0. The SMILES string of the molecule is CCC(C)CCCCCCCCCCCCC(=O)OC[C@H](COC(=O)CCCCCCCCCCC(C)C)OC(=O)CCCCCCCCCCCCCCCCCC(C)C. The van der Waals surface area contributed by atoms with Gasteiger partial charge in [-0.15, -0.1) is 0 Å². The Morgan fingerprint density at radius 2 is 0.574 bits per heavy atom. The molecule has 0 heterocycles. The molecular weight excluding hydrogens is 757 g/mol. The summed E-state index contributed by atoms with van der Waals surface area (Å²) in [6.45, 7) is 13.7. The smallest absolute Gasteiger partial charge is 0.306 e. The second kappa shape index (κ2) is 46.4. The molecule has 0 spiro atoms. The summed E-state index contributed by atoms with van der Waals surface area (Å²) in [5, 5.41) is 0. The van der Waals surface area contributed by atoms with E-state index in [1.165, 1.54) is 180 Å². The van der Waals surface area contributed by atoms with Crippen LogP contribution in [0.15, 0.2) is 0 Å². The molecule has 1 unspecified atom stereocenters. The fourth-order valence-corrected chi connectivity index (χ4v) is 8.26. The first-order valence-electron chi connectivity index (χ1n) is 27.1. The van der Waals surface area contributed by atoms with Crippen molar-refractivity contribution in [1.82, 2.24) is 0 Å². The van der Waals surface area contributed by atoms with Crippen LogP contribution in [0, 0.1) is 17.8 Å². The Labute approximate surface area is 380 Å². The van der Waals surface area contributed by atoms with Crippen molar-refractivity contribution in [3.63, 3.8) is 0 Å². The average molecular weight is 863 g/mol. The topological polar surface area (TPSA) is 78.9 Å². The van der Waals surface area contributed by atoms with Crippen molar-refractivity contribution in [2.75, 3.05) is 13.2 Å². The van der Waals surface area contributed by atoms with E-state index in [1.54, 1.807) is 0 Å².